The predicted octanol–water partition coefficient (Wildman–Crippen LogP) is 1.69. The van der Waals surface area contributed by atoms with Crippen LogP contribution >= 0.6 is 11.3 Å². The van der Waals surface area contributed by atoms with Gasteiger partial charge in [0.2, 0.25) is 5.91 Å². The first kappa shape index (κ1) is 15.8. The van der Waals surface area contributed by atoms with Crippen molar-refractivity contribution in [3.63, 3.8) is 0 Å². The second-order valence-corrected chi connectivity index (χ2v) is 6.30. The average Bonchev–Trinajstić information content (AvgIpc) is 3.01. The summed E-state index contributed by atoms with van der Waals surface area (Å²) < 4.78 is 0. The van der Waals surface area contributed by atoms with Crippen LogP contribution < -0.4 is 16.0 Å². The number of thiophene rings is 1. The summed E-state index contributed by atoms with van der Waals surface area (Å²) in [5, 5.41) is 11.7. The van der Waals surface area contributed by atoms with E-state index < -0.39 is 0 Å². The molecule has 0 spiro atoms. The van der Waals surface area contributed by atoms with Gasteiger partial charge in [0.1, 0.15) is 0 Å². The van der Waals surface area contributed by atoms with Gasteiger partial charge in [0.15, 0.2) is 5.96 Å². The molecule has 21 heavy (non-hydrogen) atoms. The zero-order chi connectivity index (χ0) is 15.1. The number of nitrogens with zero attached hydrogens (tertiary/aromatic N) is 1. The van der Waals surface area contributed by atoms with Crippen molar-refractivity contribution in [2.24, 2.45) is 4.99 Å². The summed E-state index contributed by atoms with van der Waals surface area (Å²) in [6.07, 6.45) is 1.44. The van der Waals surface area contributed by atoms with E-state index in [9.17, 15) is 4.79 Å². The number of hydrogen-bond acceptors (Lipinski definition) is 3. The molecule has 1 aliphatic rings. The van der Waals surface area contributed by atoms with Crippen LogP contribution in [0.3, 0.4) is 0 Å². The molecule has 6 heteroatoms. The van der Waals surface area contributed by atoms with Crippen molar-refractivity contribution in [1.29, 1.82) is 0 Å². The number of carbonyl (C=O) groups excluding carboxylic acids is 1. The Morgan fingerprint density at radius 2 is 2.48 bits per heavy atom. The maximum Gasteiger partial charge on any atom is 0.220 e. The maximum absolute atomic E-state index is 11.2. The Morgan fingerprint density at radius 3 is 3.10 bits per heavy atom. The van der Waals surface area contributed by atoms with Crippen LogP contribution in [0.15, 0.2) is 22.5 Å². The molecule has 0 aromatic carbocycles. The van der Waals surface area contributed by atoms with Crippen LogP contribution in [0.4, 0.5) is 0 Å². The number of rotatable bonds is 5. The van der Waals surface area contributed by atoms with Gasteiger partial charge in [-0.05, 0) is 24.8 Å². The van der Waals surface area contributed by atoms with Crippen LogP contribution in [-0.4, -0.2) is 37.5 Å². The molecule has 2 rings (SSSR count). The minimum atomic E-state index is 0.140. The molecular formula is C15H24N4OS. The zero-order valence-corrected chi connectivity index (χ0v) is 13.5. The number of piperidine rings is 1. The number of carbonyl (C=O) groups is 1. The van der Waals surface area contributed by atoms with E-state index in [4.69, 9.17) is 0 Å². The largest absolute Gasteiger partial charge is 0.357 e. The SMILES string of the molecule is CCNC(=NCC(C)c1cccs1)NC1CCC(=O)NC1. The topological polar surface area (TPSA) is 65.5 Å². The molecule has 1 aliphatic heterocycles. The standard InChI is InChI=1S/C15H24N4OS/c1-3-16-15(19-12-6-7-14(20)17-10-12)18-9-11(2)13-5-4-8-21-13/h4-5,8,11-12H,3,6-7,9-10H2,1-2H3,(H,17,20)(H2,16,18,19). The van der Waals surface area contributed by atoms with Crippen molar-refractivity contribution < 1.29 is 4.79 Å². The van der Waals surface area contributed by atoms with Crippen molar-refractivity contribution in [3.05, 3.63) is 22.4 Å². The van der Waals surface area contributed by atoms with Crippen LogP contribution in [0.2, 0.25) is 0 Å². The minimum Gasteiger partial charge on any atom is -0.357 e. The highest BCUT2D eigenvalue weighted by Crippen LogP contribution is 2.20. The summed E-state index contributed by atoms with van der Waals surface area (Å²) in [5.41, 5.74) is 0. The van der Waals surface area contributed by atoms with Crippen LogP contribution in [0.5, 0.6) is 0 Å². The second kappa shape index (κ2) is 8.02. The summed E-state index contributed by atoms with van der Waals surface area (Å²) in [5.74, 6) is 1.40. The van der Waals surface area contributed by atoms with Gasteiger partial charge in [0.05, 0.1) is 6.54 Å². The minimum absolute atomic E-state index is 0.140. The lowest BCUT2D eigenvalue weighted by atomic mass is 10.1. The Bertz CT molecular complexity index is 462. The highest BCUT2D eigenvalue weighted by atomic mass is 32.1. The zero-order valence-electron chi connectivity index (χ0n) is 12.7. The molecule has 3 N–H and O–H groups in total. The third-order valence-electron chi connectivity index (χ3n) is 3.50. The summed E-state index contributed by atoms with van der Waals surface area (Å²) >= 11 is 1.77. The molecule has 1 saturated heterocycles. The Morgan fingerprint density at radius 1 is 1.62 bits per heavy atom. The van der Waals surface area contributed by atoms with Gasteiger partial charge in [-0.25, -0.2) is 0 Å². The molecule has 2 atom stereocenters. The number of hydrogen-bond donors (Lipinski definition) is 3. The molecule has 0 bridgehead atoms. The summed E-state index contributed by atoms with van der Waals surface area (Å²) in [6, 6.07) is 4.49. The van der Waals surface area contributed by atoms with E-state index in [2.05, 4.69) is 52.3 Å². The first-order valence-electron chi connectivity index (χ1n) is 7.54. The highest BCUT2D eigenvalue weighted by Gasteiger charge is 2.18. The molecule has 1 amide bonds. The summed E-state index contributed by atoms with van der Waals surface area (Å²) in [6.45, 7) is 6.51. The van der Waals surface area contributed by atoms with Crippen molar-refractivity contribution in [2.45, 2.75) is 38.6 Å². The normalized spacial score (nSPS) is 20.8. The Balaban J connectivity index is 1.88. The van der Waals surface area contributed by atoms with E-state index >= 15 is 0 Å². The van der Waals surface area contributed by atoms with E-state index in [-0.39, 0.29) is 11.9 Å². The quantitative estimate of drug-likeness (QED) is 0.573. The first-order chi connectivity index (χ1) is 10.2. The van der Waals surface area contributed by atoms with Crippen molar-refractivity contribution in [2.75, 3.05) is 19.6 Å². The van der Waals surface area contributed by atoms with E-state index in [0.717, 1.165) is 25.5 Å². The third-order valence-corrected chi connectivity index (χ3v) is 4.61. The average molecular weight is 308 g/mol. The Kier molecular flexibility index (Phi) is 6.04. The van der Waals surface area contributed by atoms with Crippen LogP contribution in [-0.2, 0) is 4.79 Å². The van der Waals surface area contributed by atoms with Crippen LogP contribution in [0.1, 0.15) is 37.5 Å². The molecular weight excluding hydrogens is 284 g/mol. The van der Waals surface area contributed by atoms with Crippen molar-refractivity contribution >= 4 is 23.2 Å². The molecule has 0 saturated carbocycles. The van der Waals surface area contributed by atoms with Gasteiger partial charge >= 0.3 is 0 Å². The number of aliphatic imine (C=N–C) groups is 1. The van der Waals surface area contributed by atoms with Gasteiger partial charge in [-0.2, -0.15) is 0 Å². The Labute approximate surface area is 130 Å². The fraction of sp³-hybridized carbons (Fsp3) is 0.600. The fourth-order valence-corrected chi connectivity index (χ4v) is 3.04. The highest BCUT2D eigenvalue weighted by molar-refractivity contribution is 7.10. The van der Waals surface area contributed by atoms with Gasteiger partial charge in [0, 0.05) is 36.3 Å². The summed E-state index contributed by atoms with van der Waals surface area (Å²) in [7, 11) is 0. The number of amides is 1. The monoisotopic (exact) mass is 308 g/mol. The Hall–Kier alpha value is -1.56. The number of nitrogens with one attached hydrogen (secondary N) is 3. The van der Waals surface area contributed by atoms with Crippen molar-refractivity contribution in [1.82, 2.24) is 16.0 Å². The molecule has 5 nitrogen and oxygen atoms in total. The van der Waals surface area contributed by atoms with Crippen molar-refractivity contribution in [3.8, 4) is 0 Å². The predicted molar refractivity (Wildman–Crippen MR) is 87.9 cm³/mol. The lowest BCUT2D eigenvalue weighted by Crippen LogP contribution is -2.51. The van der Waals surface area contributed by atoms with Gasteiger partial charge in [0.25, 0.3) is 0 Å². The van der Waals surface area contributed by atoms with Crippen LogP contribution in [0, 0.1) is 0 Å². The second-order valence-electron chi connectivity index (χ2n) is 5.32. The van der Waals surface area contributed by atoms with Gasteiger partial charge in [-0.1, -0.05) is 13.0 Å². The van der Waals surface area contributed by atoms with Crippen LogP contribution in [0.25, 0.3) is 0 Å². The van der Waals surface area contributed by atoms with E-state index in [1.807, 2.05) is 0 Å². The van der Waals surface area contributed by atoms with Gasteiger partial charge < -0.3 is 16.0 Å². The molecule has 1 fully saturated rings. The van der Waals surface area contributed by atoms with E-state index in [0.29, 0.717) is 18.9 Å². The van der Waals surface area contributed by atoms with E-state index in [1.54, 1.807) is 11.3 Å². The smallest absolute Gasteiger partial charge is 0.220 e. The number of guanidine groups is 1. The molecule has 0 aliphatic carbocycles. The summed E-state index contributed by atoms with van der Waals surface area (Å²) in [4.78, 5) is 17.2. The molecule has 0 radical (unpaired) electrons. The molecule has 2 heterocycles. The maximum atomic E-state index is 11.2. The molecule has 116 valence electrons. The lowest BCUT2D eigenvalue weighted by molar-refractivity contribution is -0.122. The fourth-order valence-electron chi connectivity index (χ4n) is 2.26. The first-order valence-corrected chi connectivity index (χ1v) is 8.42. The third kappa shape index (κ3) is 5.04. The van der Waals surface area contributed by atoms with Gasteiger partial charge in [-0.3, -0.25) is 9.79 Å². The van der Waals surface area contributed by atoms with Gasteiger partial charge in [-0.15, -0.1) is 11.3 Å². The van der Waals surface area contributed by atoms with E-state index in [1.165, 1.54) is 4.88 Å². The lowest BCUT2D eigenvalue weighted by Gasteiger charge is -2.25. The molecule has 2 unspecified atom stereocenters. The molecule has 1 aromatic rings. The molecule has 1 aromatic heterocycles.